The summed E-state index contributed by atoms with van der Waals surface area (Å²) in [6.07, 6.45) is 2.00. The average Bonchev–Trinajstić information content (AvgIpc) is 1.39. The summed E-state index contributed by atoms with van der Waals surface area (Å²) in [5.74, 6) is 0. The van der Waals surface area contributed by atoms with Crippen LogP contribution < -0.4 is 103 Å². The molecule has 0 aliphatic carbocycles. The first-order valence-electron chi connectivity index (χ1n) is 0.947. The largest absolute Gasteiger partial charge is 1.00 e. The van der Waals surface area contributed by atoms with Gasteiger partial charge in [0.15, 0.2) is 0 Å². The maximum atomic E-state index is 6.99. The topological polar surface area (TPSA) is 95.2 Å². The van der Waals surface area contributed by atoms with Gasteiger partial charge in [-0.1, -0.05) is 12.4 Å². The molecule has 0 aliphatic heterocycles. The van der Waals surface area contributed by atoms with Gasteiger partial charge in [-0.15, -0.1) is 0 Å². The van der Waals surface area contributed by atoms with Crippen LogP contribution in [0, 0.1) is 22.9 Å². The minimum atomic E-state index is 0. The van der Waals surface area contributed by atoms with E-state index in [0.717, 1.165) is 12.4 Å². The molecule has 0 atom stereocenters. The minimum absolute atomic E-state index is 0. The van der Waals surface area contributed by atoms with Crippen LogP contribution in [-0.2, 0) is 0 Å². The first-order valence-corrected chi connectivity index (χ1v) is 0.947. The van der Waals surface area contributed by atoms with Crippen LogP contribution in [0.5, 0.6) is 0 Å². The number of nitrogens with one attached hydrogen (secondary N) is 2. The zero-order chi connectivity index (χ0) is 5.41. The summed E-state index contributed by atoms with van der Waals surface area (Å²) in [6, 6.07) is 0. The Morgan fingerprint density at radius 1 is 0.875 bits per heavy atom. The Morgan fingerprint density at radius 2 is 0.875 bits per heavy atom. The Balaban J connectivity index is -0.0000000160. The number of hydrogen-bond acceptors (Lipinski definition) is 2. The molecule has 32 valence electrons. The smallest absolute Gasteiger partial charge is 0.494 e. The van der Waals surface area contributed by atoms with E-state index in [1.165, 1.54) is 0 Å². The quantitative estimate of drug-likeness (QED) is 0.262. The summed E-state index contributed by atoms with van der Waals surface area (Å²) in [7, 11) is 0. The third kappa shape index (κ3) is 107. The molecule has 0 aromatic carbocycles. The van der Waals surface area contributed by atoms with E-state index in [1.807, 2.05) is 0 Å². The Bertz CT molecular complexity index is 67.0. The molecule has 0 radical (unpaired) electrons. The van der Waals surface area contributed by atoms with E-state index < -0.39 is 0 Å². The summed E-state index contributed by atoms with van der Waals surface area (Å²) in [5.41, 5.74) is 11.0. The van der Waals surface area contributed by atoms with Gasteiger partial charge in [0.2, 0.25) is 0 Å². The van der Waals surface area contributed by atoms with Gasteiger partial charge in [0.05, 0.1) is 0 Å². The second-order valence-electron chi connectivity index (χ2n) is 0.224. The standard InChI is InChI=1S/2CHN2.2K/c2*2-1-3;;/h2*2H;;/q2*-1;2*+1. The fraction of sp³-hybridized carbons (Fsp3) is 0. The third-order valence-electron chi connectivity index (χ3n) is 0. The molecule has 0 saturated carbocycles. The van der Waals surface area contributed by atoms with E-state index >= 15 is 0 Å². The van der Waals surface area contributed by atoms with Crippen LogP contribution in [0.25, 0.3) is 11.5 Å². The molecule has 0 rings (SSSR count). The molecule has 0 aromatic heterocycles. The molecule has 0 fully saturated rings. The van der Waals surface area contributed by atoms with Crippen molar-refractivity contribution >= 4 is 0 Å². The van der Waals surface area contributed by atoms with Gasteiger partial charge in [0, 0.05) is 0 Å². The van der Waals surface area contributed by atoms with Crippen LogP contribution in [0.15, 0.2) is 0 Å². The van der Waals surface area contributed by atoms with E-state index in [-0.39, 0.29) is 103 Å². The number of nitriles is 2. The van der Waals surface area contributed by atoms with E-state index in [2.05, 4.69) is 0 Å². The van der Waals surface area contributed by atoms with Gasteiger partial charge in [0.25, 0.3) is 0 Å². The average molecular weight is 160 g/mol. The van der Waals surface area contributed by atoms with Crippen LogP contribution in [0.1, 0.15) is 0 Å². The summed E-state index contributed by atoms with van der Waals surface area (Å²) in [6.45, 7) is 0. The molecule has 0 saturated heterocycles. The van der Waals surface area contributed by atoms with E-state index in [4.69, 9.17) is 22.0 Å². The van der Waals surface area contributed by atoms with Gasteiger partial charge in [-0.3, -0.25) is 0 Å². The van der Waals surface area contributed by atoms with E-state index in [1.54, 1.807) is 0 Å². The zero-order valence-corrected chi connectivity index (χ0v) is 11.1. The molecule has 0 aromatic rings. The molecule has 2 N–H and O–H groups in total. The molecular formula is C2H2K2N4. The molecule has 4 nitrogen and oxygen atoms in total. The summed E-state index contributed by atoms with van der Waals surface area (Å²) >= 11 is 0. The van der Waals surface area contributed by atoms with Crippen molar-refractivity contribution in [3.05, 3.63) is 11.5 Å². The summed E-state index contributed by atoms with van der Waals surface area (Å²) in [5, 5.41) is 14.0. The molecule has 0 unspecified atom stereocenters. The van der Waals surface area contributed by atoms with Gasteiger partial charge in [0.1, 0.15) is 0 Å². The fourth-order valence-electron chi connectivity index (χ4n) is 0. The van der Waals surface area contributed by atoms with Crippen molar-refractivity contribution in [2.24, 2.45) is 0 Å². The zero-order valence-electron chi connectivity index (χ0n) is 4.89. The van der Waals surface area contributed by atoms with Gasteiger partial charge in [-0.2, -0.15) is 0 Å². The van der Waals surface area contributed by atoms with Crippen LogP contribution in [0.3, 0.4) is 0 Å². The molecule has 0 bridgehead atoms. The Labute approximate surface area is 133 Å². The first-order chi connectivity index (χ1) is 2.83. The van der Waals surface area contributed by atoms with Crippen molar-refractivity contribution in [2.45, 2.75) is 0 Å². The molecule has 0 amide bonds. The van der Waals surface area contributed by atoms with Crippen LogP contribution in [0.4, 0.5) is 0 Å². The second-order valence-corrected chi connectivity index (χ2v) is 0.224. The van der Waals surface area contributed by atoms with Crippen LogP contribution in [-0.4, -0.2) is 0 Å². The molecule has 0 heterocycles. The van der Waals surface area contributed by atoms with Crippen LogP contribution >= 0.6 is 0 Å². The van der Waals surface area contributed by atoms with Crippen LogP contribution in [0.2, 0.25) is 0 Å². The summed E-state index contributed by atoms with van der Waals surface area (Å²) in [4.78, 5) is 0. The minimum Gasteiger partial charge on any atom is -0.494 e. The van der Waals surface area contributed by atoms with Gasteiger partial charge in [-0.25, -0.2) is 0 Å². The molecule has 6 heteroatoms. The van der Waals surface area contributed by atoms with Crippen molar-refractivity contribution in [2.75, 3.05) is 0 Å². The maximum absolute atomic E-state index is 6.99. The number of hydrogen-bond donors (Lipinski definition) is 0. The predicted molar refractivity (Wildman–Crippen MR) is 19.9 cm³/mol. The van der Waals surface area contributed by atoms with Gasteiger partial charge in [-0.05, 0) is 0 Å². The number of nitrogens with zero attached hydrogens (tertiary/aromatic N) is 2. The van der Waals surface area contributed by atoms with Crippen molar-refractivity contribution in [1.29, 1.82) is 10.5 Å². The monoisotopic (exact) mass is 160 g/mol. The molecule has 0 spiro atoms. The predicted octanol–water partition coefficient (Wildman–Crippen LogP) is -4.95. The Morgan fingerprint density at radius 3 is 0.875 bits per heavy atom. The molecule has 0 aliphatic rings. The van der Waals surface area contributed by atoms with Crippen molar-refractivity contribution in [3.63, 3.8) is 0 Å². The SMILES string of the molecule is N#C[NH-].N#C[NH-].[K+].[K+]. The third-order valence-corrected chi connectivity index (χ3v) is 0. The molecular weight excluding hydrogens is 158 g/mol. The van der Waals surface area contributed by atoms with Crippen molar-refractivity contribution < 1.29 is 103 Å². The van der Waals surface area contributed by atoms with Gasteiger partial charge < -0.3 is 22.0 Å². The Kier molecular flexibility index (Phi) is 104. The van der Waals surface area contributed by atoms with E-state index in [9.17, 15) is 0 Å². The van der Waals surface area contributed by atoms with Gasteiger partial charge >= 0.3 is 103 Å². The summed E-state index contributed by atoms with van der Waals surface area (Å²) < 4.78 is 0. The van der Waals surface area contributed by atoms with E-state index in [0.29, 0.717) is 0 Å². The Hall–Kier alpha value is 1.85. The second kappa shape index (κ2) is 36.8. The maximum Gasteiger partial charge on any atom is 1.00 e. The van der Waals surface area contributed by atoms with Crippen molar-refractivity contribution in [3.8, 4) is 12.4 Å². The normalized spacial score (nSPS) is 1.75. The van der Waals surface area contributed by atoms with Crippen molar-refractivity contribution in [1.82, 2.24) is 0 Å². The molecule has 8 heavy (non-hydrogen) atoms. The fourth-order valence-corrected chi connectivity index (χ4v) is 0. The number of rotatable bonds is 0. The first kappa shape index (κ1) is 22.5.